The van der Waals surface area contributed by atoms with Crippen LogP contribution in [0.2, 0.25) is 0 Å². The standard InChI is InChI=1S/C13H26N2OS/c1-2-3-4-5-9-14-13(17)15-10-8-12-7-6-11-16-12/h12H,2-11H2,1H3,(H2,14,15,17). The zero-order valence-corrected chi connectivity index (χ0v) is 11.8. The molecule has 0 amide bonds. The maximum atomic E-state index is 5.56. The lowest BCUT2D eigenvalue weighted by atomic mass is 10.2. The van der Waals surface area contributed by atoms with Gasteiger partial charge >= 0.3 is 0 Å². The summed E-state index contributed by atoms with van der Waals surface area (Å²) in [7, 11) is 0. The molecule has 0 aromatic carbocycles. The summed E-state index contributed by atoms with van der Waals surface area (Å²) < 4.78 is 5.56. The zero-order valence-electron chi connectivity index (χ0n) is 11.0. The summed E-state index contributed by atoms with van der Waals surface area (Å²) in [6.45, 7) is 5.08. The van der Waals surface area contributed by atoms with Gasteiger partial charge in [-0.15, -0.1) is 0 Å². The van der Waals surface area contributed by atoms with Crippen LogP contribution in [-0.4, -0.2) is 30.9 Å². The van der Waals surface area contributed by atoms with Gasteiger partial charge in [-0.05, 0) is 37.9 Å². The molecule has 3 nitrogen and oxygen atoms in total. The van der Waals surface area contributed by atoms with Crippen molar-refractivity contribution < 1.29 is 4.74 Å². The van der Waals surface area contributed by atoms with Gasteiger partial charge in [0.15, 0.2) is 5.11 Å². The predicted octanol–water partition coefficient (Wildman–Crippen LogP) is 2.60. The van der Waals surface area contributed by atoms with Crippen molar-refractivity contribution in [3.63, 3.8) is 0 Å². The third kappa shape index (κ3) is 7.55. The van der Waals surface area contributed by atoms with Crippen LogP contribution in [0.15, 0.2) is 0 Å². The normalized spacial score (nSPS) is 19.2. The maximum Gasteiger partial charge on any atom is 0.166 e. The Morgan fingerprint density at radius 2 is 2.06 bits per heavy atom. The summed E-state index contributed by atoms with van der Waals surface area (Å²) in [5.41, 5.74) is 0. The van der Waals surface area contributed by atoms with E-state index in [0.29, 0.717) is 6.10 Å². The molecule has 1 rings (SSSR count). The van der Waals surface area contributed by atoms with Crippen LogP contribution in [0.5, 0.6) is 0 Å². The van der Waals surface area contributed by atoms with Gasteiger partial charge in [0.1, 0.15) is 0 Å². The van der Waals surface area contributed by atoms with E-state index in [2.05, 4.69) is 17.6 Å². The van der Waals surface area contributed by atoms with Gasteiger partial charge in [0.05, 0.1) is 6.10 Å². The van der Waals surface area contributed by atoms with Gasteiger partial charge in [-0.25, -0.2) is 0 Å². The maximum absolute atomic E-state index is 5.56. The van der Waals surface area contributed by atoms with E-state index in [9.17, 15) is 0 Å². The minimum absolute atomic E-state index is 0.454. The fraction of sp³-hybridized carbons (Fsp3) is 0.923. The number of unbranched alkanes of at least 4 members (excludes halogenated alkanes) is 3. The Balaban J connectivity index is 1.86. The monoisotopic (exact) mass is 258 g/mol. The van der Waals surface area contributed by atoms with Crippen LogP contribution in [0.1, 0.15) is 51.9 Å². The number of rotatable bonds is 8. The lowest BCUT2D eigenvalue weighted by Crippen LogP contribution is -2.37. The van der Waals surface area contributed by atoms with Gasteiger partial charge in [0.2, 0.25) is 0 Å². The number of ether oxygens (including phenoxy) is 1. The van der Waals surface area contributed by atoms with Gasteiger partial charge in [-0.2, -0.15) is 0 Å². The molecular weight excluding hydrogens is 232 g/mol. The molecule has 0 saturated carbocycles. The zero-order chi connectivity index (χ0) is 12.3. The van der Waals surface area contributed by atoms with Crippen molar-refractivity contribution in [2.24, 2.45) is 0 Å². The van der Waals surface area contributed by atoms with Crippen LogP contribution in [-0.2, 0) is 4.74 Å². The molecule has 4 heteroatoms. The molecule has 0 aliphatic carbocycles. The summed E-state index contributed by atoms with van der Waals surface area (Å²) >= 11 is 5.21. The molecule has 1 saturated heterocycles. The van der Waals surface area contributed by atoms with Crippen LogP contribution in [0.4, 0.5) is 0 Å². The van der Waals surface area contributed by atoms with Crippen LogP contribution < -0.4 is 10.6 Å². The molecule has 1 fully saturated rings. The SMILES string of the molecule is CCCCCCNC(=S)NCCC1CCCO1. The summed E-state index contributed by atoms with van der Waals surface area (Å²) in [5.74, 6) is 0. The molecule has 0 bridgehead atoms. The van der Waals surface area contributed by atoms with Crippen molar-refractivity contribution >= 4 is 17.3 Å². The largest absolute Gasteiger partial charge is 0.378 e. The number of nitrogens with one attached hydrogen (secondary N) is 2. The second kappa shape index (κ2) is 9.66. The van der Waals surface area contributed by atoms with E-state index < -0.39 is 0 Å². The molecule has 17 heavy (non-hydrogen) atoms. The van der Waals surface area contributed by atoms with Crippen molar-refractivity contribution in [1.29, 1.82) is 0 Å². The third-order valence-corrected chi connectivity index (χ3v) is 3.38. The topological polar surface area (TPSA) is 33.3 Å². The highest BCUT2D eigenvalue weighted by Gasteiger charge is 2.14. The van der Waals surface area contributed by atoms with Crippen molar-refractivity contribution in [1.82, 2.24) is 10.6 Å². The number of hydrogen-bond donors (Lipinski definition) is 2. The minimum Gasteiger partial charge on any atom is -0.378 e. The Bertz CT molecular complexity index is 206. The van der Waals surface area contributed by atoms with Crippen LogP contribution in [0.25, 0.3) is 0 Å². The van der Waals surface area contributed by atoms with Crippen molar-refractivity contribution in [3.8, 4) is 0 Å². The molecular formula is C13H26N2OS. The predicted molar refractivity (Wildman–Crippen MR) is 76.3 cm³/mol. The average molecular weight is 258 g/mol. The smallest absolute Gasteiger partial charge is 0.166 e. The highest BCUT2D eigenvalue weighted by molar-refractivity contribution is 7.80. The fourth-order valence-corrected chi connectivity index (χ4v) is 2.24. The van der Waals surface area contributed by atoms with Crippen LogP contribution >= 0.6 is 12.2 Å². The van der Waals surface area contributed by atoms with Crippen molar-refractivity contribution in [2.45, 2.75) is 58.0 Å². The van der Waals surface area contributed by atoms with E-state index in [1.165, 1.54) is 38.5 Å². The quantitative estimate of drug-likeness (QED) is 0.518. The first-order valence-electron chi connectivity index (χ1n) is 6.96. The molecule has 2 N–H and O–H groups in total. The summed E-state index contributed by atoms with van der Waals surface area (Å²) in [5, 5.41) is 7.28. The molecule has 0 radical (unpaired) electrons. The average Bonchev–Trinajstić information content (AvgIpc) is 2.82. The van der Waals surface area contributed by atoms with Gasteiger partial charge in [-0.3, -0.25) is 0 Å². The molecule has 1 heterocycles. The van der Waals surface area contributed by atoms with E-state index in [-0.39, 0.29) is 0 Å². The second-order valence-electron chi connectivity index (χ2n) is 4.67. The molecule has 1 aliphatic heterocycles. The van der Waals surface area contributed by atoms with Gasteiger partial charge < -0.3 is 15.4 Å². The van der Waals surface area contributed by atoms with Crippen LogP contribution in [0.3, 0.4) is 0 Å². The minimum atomic E-state index is 0.454. The molecule has 1 unspecified atom stereocenters. The first kappa shape index (κ1) is 14.7. The van der Waals surface area contributed by atoms with Crippen molar-refractivity contribution in [2.75, 3.05) is 19.7 Å². The first-order chi connectivity index (χ1) is 8.33. The van der Waals surface area contributed by atoms with E-state index in [0.717, 1.165) is 31.2 Å². The van der Waals surface area contributed by atoms with Crippen LogP contribution in [0, 0.1) is 0 Å². The Hall–Kier alpha value is -0.350. The molecule has 1 atom stereocenters. The van der Waals surface area contributed by atoms with E-state index in [1.807, 2.05) is 0 Å². The van der Waals surface area contributed by atoms with E-state index >= 15 is 0 Å². The number of hydrogen-bond acceptors (Lipinski definition) is 2. The molecule has 0 spiro atoms. The number of thiocarbonyl (C=S) groups is 1. The third-order valence-electron chi connectivity index (χ3n) is 3.09. The summed E-state index contributed by atoms with van der Waals surface area (Å²) in [6.07, 6.45) is 9.05. The summed E-state index contributed by atoms with van der Waals surface area (Å²) in [4.78, 5) is 0. The van der Waals surface area contributed by atoms with E-state index in [1.54, 1.807) is 0 Å². The molecule has 0 aromatic rings. The molecule has 0 aromatic heterocycles. The van der Waals surface area contributed by atoms with Gasteiger partial charge in [0, 0.05) is 19.7 Å². The summed E-state index contributed by atoms with van der Waals surface area (Å²) in [6, 6.07) is 0. The molecule has 100 valence electrons. The van der Waals surface area contributed by atoms with Crippen molar-refractivity contribution in [3.05, 3.63) is 0 Å². The Morgan fingerprint density at radius 3 is 2.76 bits per heavy atom. The fourth-order valence-electron chi connectivity index (χ4n) is 2.03. The highest BCUT2D eigenvalue weighted by atomic mass is 32.1. The Morgan fingerprint density at radius 1 is 1.24 bits per heavy atom. The first-order valence-corrected chi connectivity index (χ1v) is 7.37. The lowest BCUT2D eigenvalue weighted by molar-refractivity contribution is 0.105. The van der Waals surface area contributed by atoms with E-state index in [4.69, 9.17) is 17.0 Å². The molecule has 1 aliphatic rings. The lowest BCUT2D eigenvalue weighted by Gasteiger charge is -2.12. The van der Waals surface area contributed by atoms with Gasteiger partial charge in [0.25, 0.3) is 0 Å². The van der Waals surface area contributed by atoms with Gasteiger partial charge in [-0.1, -0.05) is 26.2 Å². The highest BCUT2D eigenvalue weighted by Crippen LogP contribution is 2.14. The second-order valence-corrected chi connectivity index (χ2v) is 5.08. The Labute approximate surface area is 111 Å². The Kier molecular flexibility index (Phi) is 8.36.